The van der Waals surface area contributed by atoms with Crippen LogP contribution in [0.3, 0.4) is 0 Å². The number of esters is 1. The summed E-state index contributed by atoms with van der Waals surface area (Å²) in [5.74, 6) is -0.889. The molecule has 0 unspecified atom stereocenters. The van der Waals surface area contributed by atoms with Crippen LogP contribution in [0.25, 0.3) is 6.08 Å². The third-order valence-corrected chi connectivity index (χ3v) is 3.66. The van der Waals surface area contributed by atoms with Crippen molar-refractivity contribution in [2.24, 2.45) is 0 Å². The van der Waals surface area contributed by atoms with Gasteiger partial charge in [0.15, 0.2) is 0 Å². The van der Waals surface area contributed by atoms with Gasteiger partial charge in [0, 0.05) is 16.0 Å². The van der Waals surface area contributed by atoms with E-state index in [9.17, 15) is 9.59 Å². The zero-order valence-electron chi connectivity index (χ0n) is 11.1. The van der Waals surface area contributed by atoms with E-state index in [2.05, 4.69) is 10.1 Å². The first kappa shape index (κ1) is 15.3. The standard InChI is InChI=1S/C15H12ClNO3S/c1-20-15(19)12-6-4-10(16)9-13(12)17-14(18)7-5-11-3-2-8-21-11/h2-9H,1H3,(H,17,18)/b7-5+. The molecule has 0 saturated carbocycles. The summed E-state index contributed by atoms with van der Waals surface area (Å²) < 4.78 is 4.67. The molecule has 0 spiro atoms. The summed E-state index contributed by atoms with van der Waals surface area (Å²) in [7, 11) is 1.28. The molecule has 1 heterocycles. The highest BCUT2D eigenvalue weighted by molar-refractivity contribution is 7.10. The molecule has 2 rings (SSSR count). The summed E-state index contributed by atoms with van der Waals surface area (Å²) in [6.07, 6.45) is 3.09. The SMILES string of the molecule is COC(=O)c1ccc(Cl)cc1NC(=O)/C=C/c1cccs1. The van der Waals surface area contributed by atoms with E-state index in [1.807, 2.05) is 17.5 Å². The van der Waals surface area contributed by atoms with E-state index >= 15 is 0 Å². The van der Waals surface area contributed by atoms with Gasteiger partial charge in [0.1, 0.15) is 0 Å². The monoisotopic (exact) mass is 321 g/mol. The van der Waals surface area contributed by atoms with Gasteiger partial charge in [0.05, 0.1) is 18.4 Å². The first-order valence-corrected chi connectivity index (χ1v) is 7.26. The number of hydrogen-bond acceptors (Lipinski definition) is 4. The van der Waals surface area contributed by atoms with Crippen LogP contribution in [0.15, 0.2) is 41.8 Å². The lowest BCUT2D eigenvalue weighted by molar-refractivity contribution is -0.111. The Kier molecular flexibility index (Phi) is 5.14. The number of anilines is 1. The normalized spacial score (nSPS) is 10.6. The summed E-state index contributed by atoms with van der Waals surface area (Å²) in [6, 6.07) is 8.37. The largest absolute Gasteiger partial charge is 0.465 e. The predicted octanol–water partition coefficient (Wildman–Crippen LogP) is 3.84. The molecular weight excluding hydrogens is 310 g/mol. The molecule has 108 valence electrons. The van der Waals surface area contributed by atoms with Crippen molar-refractivity contribution in [2.75, 3.05) is 12.4 Å². The van der Waals surface area contributed by atoms with Crippen molar-refractivity contribution in [2.45, 2.75) is 0 Å². The fourth-order valence-electron chi connectivity index (χ4n) is 1.63. The van der Waals surface area contributed by atoms with Gasteiger partial charge >= 0.3 is 5.97 Å². The van der Waals surface area contributed by atoms with Crippen LogP contribution in [0.1, 0.15) is 15.2 Å². The lowest BCUT2D eigenvalue weighted by atomic mass is 10.1. The fraction of sp³-hybridized carbons (Fsp3) is 0.0667. The molecule has 0 aliphatic rings. The van der Waals surface area contributed by atoms with Crippen molar-refractivity contribution >= 4 is 46.6 Å². The minimum Gasteiger partial charge on any atom is -0.465 e. The Labute approximate surface area is 131 Å². The lowest BCUT2D eigenvalue weighted by Crippen LogP contribution is -2.13. The van der Waals surface area contributed by atoms with Crippen LogP contribution >= 0.6 is 22.9 Å². The molecule has 0 aliphatic heterocycles. The second kappa shape index (κ2) is 7.06. The average Bonchev–Trinajstić information content (AvgIpc) is 2.98. The number of benzene rings is 1. The van der Waals surface area contributed by atoms with Gasteiger partial charge in [-0.1, -0.05) is 17.7 Å². The second-order valence-corrected chi connectivity index (χ2v) is 5.44. The molecule has 0 aliphatic carbocycles. The smallest absolute Gasteiger partial charge is 0.339 e. The predicted molar refractivity (Wildman–Crippen MR) is 84.8 cm³/mol. The van der Waals surface area contributed by atoms with Crippen molar-refractivity contribution in [3.05, 3.63) is 57.3 Å². The molecule has 0 atom stereocenters. The minimum atomic E-state index is -0.538. The van der Waals surface area contributed by atoms with E-state index in [1.54, 1.807) is 12.1 Å². The Morgan fingerprint density at radius 3 is 2.81 bits per heavy atom. The van der Waals surface area contributed by atoms with Crippen molar-refractivity contribution < 1.29 is 14.3 Å². The van der Waals surface area contributed by atoms with Crippen LogP contribution in [0.5, 0.6) is 0 Å². The summed E-state index contributed by atoms with van der Waals surface area (Å²) in [4.78, 5) is 24.5. The first-order valence-electron chi connectivity index (χ1n) is 6.00. The Hall–Kier alpha value is -2.11. The van der Waals surface area contributed by atoms with E-state index in [-0.39, 0.29) is 11.5 Å². The average molecular weight is 322 g/mol. The number of methoxy groups -OCH3 is 1. The molecule has 1 N–H and O–H groups in total. The molecule has 0 saturated heterocycles. The first-order chi connectivity index (χ1) is 10.1. The highest BCUT2D eigenvalue weighted by Gasteiger charge is 2.13. The van der Waals surface area contributed by atoms with Crippen LogP contribution < -0.4 is 5.32 Å². The van der Waals surface area contributed by atoms with E-state index in [1.165, 1.54) is 36.7 Å². The summed E-state index contributed by atoms with van der Waals surface area (Å²) in [6.45, 7) is 0. The molecule has 0 fully saturated rings. The Morgan fingerprint density at radius 1 is 1.33 bits per heavy atom. The van der Waals surface area contributed by atoms with Crippen molar-refractivity contribution in [1.29, 1.82) is 0 Å². The van der Waals surface area contributed by atoms with Crippen LogP contribution in [-0.4, -0.2) is 19.0 Å². The number of carbonyl (C=O) groups is 2. The molecule has 1 aromatic carbocycles. The van der Waals surface area contributed by atoms with Crippen LogP contribution in [0.2, 0.25) is 5.02 Å². The number of rotatable bonds is 4. The highest BCUT2D eigenvalue weighted by atomic mass is 35.5. The van der Waals surface area contributed by atoms with Crippen LogP contribution in [0, 0.1) is 0 Å². The molecule has 21 heavy (non-hydrogen) atoms. The van der Waals surface area contributed by atoms with Gasteiger partial charge in [0.2, 0.25) is 5.91 Å². The van der Waals surface area contributed by atoms with Gasteiger partial charge in [-0.15, -0.1) is 11.3 Å². The molecule has 2 aromatic rings. The van der Waals surface area contributed by atoms with E-state index < -0.39 is 5.97 Å². The number of thiophene rings is 1. The van der Waals surface area contributed by atoms with E-state index in [4.69, 9.17) is 11.6 Å². The van der Waals surface area contributed by atoms with Crippen molar-refractivity contribution in [1.82, 2.24) is 0 Å². The van der Waals surface area contributed by atoms with Gasteiger partial charge in [0.25, 0.3) is 0 Å². The number of amides is 1. The summed E-state index contributed by atoms with van der Waals surface area (Å²) in [5, 5.41) is 4.96. The van der Waals surface area contributed by atoms with Gasteiger partial charge in [-0.2, -0.15) is 0 Å². The highest BCUT2D eigenvalue weighted by Crippen LogP contribution is 2.22. The third kappa shape index (κ3) is 4.18. The Morgan fingerprint density at radius 2 is 2.14 bits per heavy atom. The summed E-state index contributed by atoms with van der Waals surface area (Å²) in [5.41, 5.74) is 0.565. The number of hydrogen-bond donors (Lipinski definition) is 1. The van der Waals surface area contributed by atoms with E-state index in [0.717, 1.165) is 4.88 Å². The lowest BCUT2D eigenvalue weighted by Gasteiger charge is -2.08. The number of halogens is 1. The molecule has 1 amide bonds. The maximum atomic E-state index is 11.9. The molecule has 0 bridgehead atoms. The maximum absolute atomic E-state index is 11.9. The number of nitrogens with one attached hydrogen (secondary N) is 1. The minimum absolute atomic E-state index is 0.250. The van der Waals surface area contributed by atoms with Gasteiger partial charge in [-0.25, -0.2) is 4.79 Å². The zero-order valence-corrected chi connectivity index (χ0v) is 12.7. The third-order valence-electron chi connectivity index (χ3n) is 2.59. The molecular formula is C15H12ClNO3S. The van der Waals surface area contributed by atoms with Crippen LogP contribution in [-0.2, 0) is 9.53 Å². The van der Waals surface area contributed by atoms with Gasteiger partial charge < -0.3 is 10.1 Å². The van der Waals surface area contributed by atoms with Crippen molar-refractivity contribution in [3.63, 3.8) is 0 Å². The maximum Gasteiger partial charge on any atom is 0.339 e. The number of carbonyl (C=O) groups excluding carboxylic acids is 2. The molecule has 1 aromatic heterocycles. The van der Waals surface area contributed by atoms with Gasteiger partial charge in [-0.3, -0.25) is 4.79 Å². The fourth-order valence-corrected chi connectivity index (χ4v) is 2.42. The molecule has 6 heteroatoms. The Bertz CT molecular complexity index is 680. The molecule has 4 nitrogen and oxygen atoms in total. The topological polar surface area (TPSA) is 55.4 Å². The van der Waals surface area contributed by atoms with Crippen LogP contribution in [0.4, 0.5) is 5.69 Å². The molecule has 0 radical (unpaired) electrons. The second-order valence-electron chi connectivity index (χ2n) is 4.02. The zero-order chi connectivity index (χ0) is 15.2. The van der Waals surface area contributed by atoms with Gasteiger partial charge in [-0.05, 0) is 35.7 Å². The quantitative estimate of drug-likeness (QED) is 0.687. The summed E-state index contributed by atoms with van der Waals surface area (Å²) >= 11 is 7.41. The van der Waals surface area contributed by atoms with E-state index in [0.29, 0.717) is 10.7 Å². The number of ether oxygens (including phenoxy) is 1. The Balaban J connectivity index is 2.16. The van der Waals surface area contributed by atoms with Crippen molar-refractivity contribution in [3.8, 4) is 0 Å².